The molecule has 1 aromatic carbocycles. The number of aromatic nitrogens is 5. The van der Waals surface area contributed by atoms with Crippen LogP contribution in [0.5, 0.6) is 0 Å². The Hall–Kier alpha value is -2.96. The smallest absolute Gasteiger partial charge is 0.245 e. The summed E-state index contributed by atoms with van der Waals surface area (Å²) in [5.41, 5.74) is 3.02. The van der Waals surface area contributed by atoms with E-state index >= 15 is 0 Å². The first-order valence-corrected chi connectivity index (χ1v) is 8.82. The normalized spacial score (nSPS) is 16.8. The van der Waals surface area contributed by atoms with Gasteiger partial charge in [0, 0.05) is 13.6 Å². The van der Waals surface area contributed by atoms with E-state index in [1.807, 2.05) is 54.6 Å². The molecule has 0 aliphatic carbocycles. The lowest BCUT2D eigenvalue weighted by molar-refractivity contribution is -0.136. The summed E-state index contributed by atoms with van der Waals surface area (Å²) in [6.45, 7) is 5.02. The molecule has 0 saturated carbocycles. The van der Waals surface area contributed by atoms with Gasteiger partial charge in [0.05, 0.1) is 12.2 Å². The fourth-order valence-electron chi connectivity index (χ4n) is 3.55. The van der Waals surface area contributed by atoms with Gasteiger partial charge in [0.15, 0.2) is 11.6 Å². The van der Waals surface area contributed by atoms with Crippen molar-refractivity contribution >= 4 is 5.91 Å². The predicted octanol–water partition coefficient (Wildman–Crippen LogP) is 2.13. The molecule has 1 atom stereocenters. The van der Waals surface area contributed by atoms with Crippen LogP contribution in [0.1, 0.15) is 30.0 Å². The second-order valence-electron chi connectivity index (χ2n) is 6.78. The van der Waals surface area contributed by atoms with Crippen LogP contribution in [-0.4, -0.2) is 41.9 Å². The number of aryl methyl sites for hydroxylation is 2. The molecule has 0 fully saturated rings. The second-order valence-corrected chi connectivity index (χ2v) is 6.78. The first-order valence-electron chi connectivity index (χ1n) is 8.82. The Morgan fingerprint density at radius 2 is 1.96 bits per heavy atom. The lowest BCUT2D eigenvalue weighted by atomic mass is 10.1. The van der Waals surface area contributed by atoms with Crippen LogP contribution >= 0.6 is 0 Å². The van der Waals surface area contributed by atoms with Gasteiger partial charge in [-0.3, -0.25) is 14.0 Å². The van der Waals surface area contributed by atoms with Gasteiger partial charge in [-0.1, -0.05) is 30.3 Å². The van der Waals surface area contributed by atoms with Gasteiger partial charge in [0.1, 0.15) is 11.7 Å². The number of nitrogens with zero attached hydrogens (tertiary/aromatic N) is 6. The molecule has 0 N–H and O–H groups in total. The number of carbonyl (C=O) groups is 1. The third-order valence-electron chi connectivity index (χ3n) is 4.90. The Kier molecular flexibility index (Phi) is 4.06. The summed E-state index contributed by atoms with van der Waals surface area (Å²) in [6, 6.07) is 11.9. The van der Waals surface area contributed by atoms with Crippen molar-refractivity contribution in [3.8, 4) is 11.5 Å². The van der Waals surface area contributed by atoms with Crippen LogP contribution in [-0.2, 0) is 24.8 Å². The van der Waals surface area contributed by atoms with E-state index in [9.17, 15) is 4.79 Å². The third kappa shape index (κ3) is 2.79. The van der Waals surface area contributed by atoms with E-state index in [1.54, 1.807) is 4.68 Å². The van der Waals surface area contributed by atoms with Gasteiger partial charge in [-0.2, -0.15) is 5.10 Å². The maximum absolute atomic E-state index is 12.9. The van der Waals surface area contributed by atoms with E-state index in [4.69, 9.17) is 0 Å². The molecule has 134 valence electrons. The molecular weight excluding hydrogens is 328 g/mol. The minimum absolute atomic E-state index is 0.105. The molecule has 7 nitrogen and oxygen atoms in total. The molecule has 1 aliphatic heterocycles. The summed E-state index contributed by atoms with van der Waals surface area (Å²) in [5.74, 6) is 1.62. The summed E-state index contributed by atoms with van der Waals surface area (Å²) in [7, 11) is 1.88. The standard InChI is InChI=1S/C19H22N6O/c1-13-11-16(23(3)22-13)18-21-20-17-12-24(19(26)14(2)25(17)18)10-9-15-7-5-4-6-8-15/h4-8,11,14H,9-10,12H2,1-3H3/t14-/m1/s1. The monoisotopic (exact) mass is 350 g/mol. The molecule has 0 bridgehead atoms. The lowest BCUT2D eigenvalue weighted by Crippen LogP contribution is -2.42. The van der Waals surface area contributed by atoms with Crippen LogP contribution in [0.4, 0.5) is 0 Å². The molecule has 0 unspecified atom stereocenters. The van der Waals surface area contributed by atoms with Crippen LogP contribution in [0.2, 0.25) is 0 Å². The van der Waals surface area contributed by atoms with Crippen molar-refractivity contribution in [2.45, 2.75) is 32.9 Å². The van der Waals surface area contributed by atoms with E-state index in [-0.39, 0.29) is 11.9 Å². The predicted molar refractivity (Wildman–Crippen MR) is 97.2 cm³/mol. The van der Waals surface area contributed by atoms with E-state index in [2.05, 4.69) is 27.4 Å². The highest BCUT2D eigenvalue weighted by Crippen LogP contribution is 2.28. The Morgan fingerprint density at radius 1 is 1.19 bits per heavy atom. The van der Waals surface area contributed by atoms with Crippen molar-refractivity contribution < 1.29 is 4.79 Å². The topological polar surface area (TPSA) is 68.8 Å². The van der Waals surface area contributed by atoms with Crippen LogP contribution in [0.25, 0.3) is 11.5 Å². The van der Waals surface area contributed by atoms with E-state index in [0.29, 0.717) is 18.9 Å². The van der Waals surface area contributed by atoms with Gasteiger partial charge < -0.3 is 4.90 Å². The third-order valence-corrected chi connectivity index (χ3v) is 4.90. The van der Waals surface area contributed by atoms with Gasteiger partial charge in [-0.05, 0) is 31.9 Å². The van der Waals surface area contributed by atoms with Gasteiger partial charge in [0.25, 0.3) is 0 Å². The maximum atomic E-state index is 12.9. The molecule has 4 rings (SSSR count). The van der Waals surface area contributed by atoms with Crippen molar-refractivity contribution in [3.63, 3.8) is 0 Å². The van der Waals surface area contributed by atoms with Gasteiger partial charge in [-0.25, -0.2) is 0 Å². The maximum Gasteiger partial charge on any atom is 0.245 e. The summed E-state index contributed by atoms with van der Waals surface area (Å²) >= 11 is 0. The van der Waals surface area contributed by atoms with Gasteiger partial charge >= 0.3 is 0 Å². The van der Waals surface area contributed by atoms with Crippen molar-refractivity contribution in [2.24, 2.45) is 7.05 Å². The zero-order chi connectivity index (χ0) is 18.3. The number of carbonyl (C=O) groups excluding carboxylic acids is 1. The van der Waals surface area contributed by atoms with Gasteiger partial charge in [-0.15, -0.1) is 10.2 Å². The fourth-order valence-corrected chi connectivity index (χ4v) is 3.55. The largest absolute Gasteiger partial charge is 0.333 e. The minimum atomic E-state index is -0.324. The Morgan fingerprint density at radius 3 is 2.65 bits per heavy atom. The zero-order valence-electron chi connectivity index (χ0n) is 15.3. The molecule has 3 aromatic rings. The number of hydrogen-bond acceptors (Lipinski definition) is 4. The number of fused-ring (bicyclic) bond motifs is 1. The number of amides is 1. The fraction of sp³-hybridized carbons (Fsp3) is 0.368. The molecular formula is C19H22N6O. The van der Waals surface area contributed by atoms with Crippen molar-refractivity contribution in [1.82, 2.24) is 29.4 Å². The highest BCUT2D eigenvalue weighted by molar-refractivity contribution is 5.82. The lowest BCUT2D eigenvalue weighted by Gasteiger charge is -2.32. The summed E-state index contributed by atoms with van der Waals surface area (Å²) < 4.78 is 3.73. The van der Waals surface area contributed by atoms with Gasteiger partial charge in [0.2, 0.25) is 5.91 Å². The molecule has 1 aliphatic rings. The first-order chi connectivity index (χ1) is 12.5. The molecule has 3 heterocycles. The molecule has 0 spiro atoms. The van der Waals surface area contributed by atoms with Crippen molar-refractivity contribution in [2.75, 3.05) is 6.54 Å². The van der Waals surface area contributed by atoms with Crippen LogP contribution in [0.15, 0.2) is 36.4 Å². The van der Waals surface area contributed by atoms with Crippen LogP contribution in [0.3, 0.4) is 0 Å². The van der Waals surface area contributed by atoms with E-state index in [0.717, 1.165) is 23.6 Å². The molecule has 0 radical (unpaired) electrons. The average molecular weight is 350 g/mol. The van der Waals surface area contributed by atoms with E-state index < -0.39 is 0 Å². The zero-order valence-corrected chi connectivity index (χ0v) is 15.3. The number of benzene rings is 1. The highest BCUT2D eigenvalue weighted by atomic mass is 16.2. The van der Waals surface area contributed by atoms with Crippen LogP contribution in [0, 0.1) is 6.92 Å². The number of hydrogen-bond donors (Lipinski definition) is 0. The Labute approximate surface area is 152 Å². The summed E-state index contributed by atoms with van der Waals surface area (Å²) in [5, 5.41) is 13.1. The molecule has 7 heteroatoms. The Bertz CT molecular complexity index is 942. The SMILES string of the molecule is Cc1cc(-c2nnc3n2[C@H](C)C(=O)N(CCc2ccccc2)C3)n(C)n1. The summed E-state index contributed by atoms with van der Waals surface area (Å²) in [4.78, 5) is 14.8. The first kappa shape index (κ1) is 16.5. The number of rotatable bonds is 4. The molecule has 1 amide bonds. The van der Waals surface area contributed by atoms with Crippen LogP contribution < -0.4 is 0 Å². The quantitative estimate of drug-likeness (QED) is 0.723. The highest BCUT2D eigenvalue weighted by Gasteiger charge is 2.33. The van der Waals surface area contributed by atoms with Crippen molar-refractivity contribution in [1.29, 1.82) is 0 Å². The van der Waals surface area contributed by atoms with Crippen molar-refractivity contribution in [3.05, 3.63) is 53.5 Å². The Balaban J connectivity index is 1.59. The van der Waals surface area contributed by atoms with E-state index in [1.165, 1.54) is 5.56 Å². The average Bonchev–Trinajstić information content (AvgIpc) is 3.20. The molecule has 2 aromatic heterocycles. The molecule has 26 heavy (non-hydrogen) atoms. The minimum Gasteiger partial charge on any atom is -0.333 e. The second kappa shape index (κ2) is 6.40. The molecule has 0 saturated heterocycles. The summed E-state index contributed by atoms with van der Waals surface area (Å²) in [6.07, 6.45) is 0.835.